The number of imidazole rings is 1. The summed E-state index contributed by atoms with van der Waals surface area (Å²) in [5.41, 5.74) is 20.3. The maximum absolute atomic E-state index is 15.4. The Morgan fingerprint density at radius 2 is 1.07 bits per heavy atom. The van der Waals surface area contributed by atoms with Crippen LogP contribution in [0.1, 0.15) is 138 Å². The third-order valence-electron chi connectivity index (χ3n) is 24.8. The number of anilines is 2. The number of nitrogens with two attached hydrogens (primary N) is 3. The number of carboxylic acids is 2. The van der Waals surface area contributed by atoms with Crippen molar-refractivity contribution in [3.8, 4) is 39.7 Å². The number of aromatic hydroxyl groups is 3. The van der Waals surface area contributed by atoms with Crippen LogP contribution < -0.4 is 102 Å². The van der Waals surface area contributed by atoms with Gasteiger partial charge in [-0.2, -0.15) is 10.2 Å². The van der Waals surface area contributed by atoms with Crippen molar-refractivity contribution >= 4 is 146 Å². The summed E-state index contributed by atoms with van der Waals surface area (Å²) < 4.78 is 5.96. The van der Waals surface area contributed by atoms with Gasteiger partial charge in [0, 0.05) is 129 Å². The summed E-state index contributed by atoms with van der Waals surface area (Å²) in [6, 6.07) is 21.0. The number of benzene rings is 7. The number of fused-ring (bicyclic) bond motifs is 2. The molecule has 7 aromatic rings. The first-order valence-electron chi connectivity index (χ1n) is 48.1. The Kier molecular flexibility index (Phi) is 42.1. The van der Waals surface area contributed by atoms with Gasteiger partial charge in [0.2, 0.25) is 65.0 Å². The summed E-state index contributed by atoms with van der Waals surface area (Å²) in [7, 11) is 1.76. The van der Waals surface area contributed by atoms with Gasteiger partial charge in [-0.05, 0) is 209 Å². The molecule has 1 saturated carbocycles. The van der Waals surface area contributed by atoms with E-state index in [-0.39, 0.29) is 189 Å². The number of aliphatic hydroxyl groups is 1. The fourth-order valence-corrected chi connectivity index (χ4v) is 16.8. The number of nitrogens with zero attached hydrogens (tertiary/aromatic N) is 5. The van der Waals surface area contributed by atoms with Crippen molar-refractivity contribution in [2.24, 2.45) is 39.3 Å². The molecule has 0 unspecified atom stereocenters. The molecular weight excluding hydrogens is 1950 g/mol. The zero-order valence-corrected chi connectivity index (χ0v) is 82.8. The third kappa shape index (κ3) is 35.0. The normalized spacial score (nSPS) is 15.0. The Bertz CT molecular complexity index is 6330. The molecule has 0 saturated heterocycles. The summed E-state index contributed by atoms with van der Waals surface area (Å²) >= 11 is 5.70. The summed E-state index contributed by atoms with van der Waals surface area (Å²) in [5, 5.41) is 136. The van der Waals surface area contributed by atoms with Crippen molar-refractivity contribution in [3.63, 3.8) is 0 Å². The third-order valence-corrected chi connectivity index (χ3v) is 25.0. The van der Waals surface area contributed by atoms with Crippen LogP contribution in [0.4, 0.5) is 28.4 Å². The molecule has 11 atom stereocenters. The Morgan fingerprint density at radius 3 is 1.59 bits per heavy atom. The maximum Gasteiger partial charge on any atom is 0.336 e. The molecule has 6 aromatic carbocycles. The number of amides is 11. The monoisotopic (exact) mass is 2070 g/mol. The highest BCUT2D eigenvalue weighted by atomic mass is 32.1. The van der Waals surface area contributed by atoms with Crippen LogP contribution in [0.5, 0.6) is 17.2 Å². The van der Waals surface area contributed by atoms with Crippen molar-refractivity contribution in [1.29, 1.82) is 10.8 Å². The number of aromatic carboxylic acids is 1. The minimum atomic E-state index is -1.83. The summed E-state index contributed by atoms with van der Waals surface area (Å²) in [6.07, 6.45) is -0.314. The first-order valence-corrected chi connectivity index (χ1v) is 48.5. The quantitative estimate of drug-likeness (QED) is 0.00373. The Hall–Kier alpha value is -17.3. The topological polar surface area (TPSA) is 767 Å². The van der Waals surface area contributed by atoms with Gasteiger partial charge in [-0.25, -0.2) is 9.78 Å². The van der Waals surface area contributed by atoms with Gasteiger partial charge in [-0.1, -0.05) is 50.6 Å². The highest BCUT2D eigenvalue weighted by Crippen LogP contribution is 2.43. The SMILES string of the molecule is CC[C@H](C)[C@H](NC(=O)[C@H](CCCNC(=N)N)NC(=O)[C@H](Cc1ccc(O)cc1)NC(=O)[C@H](CC(=O)O)NC(=O)C1CCC(NC(=S)Nc2ccc(-c3c4ccc(=O)cc-4oc4cc(O)ccc34)c(C(=O)O)c2)CC1)C(=O)N[C@@H](CCCCNC(=O)CCN(C)c1ccc(N=Nc2ccc([N+](=O)[O-])cc2)cc1)C(=O)N[C@@H](CCCNC(=N)N)C(=O)N[C@@H](Cc1ccc(O)cc1)C(=O)N[C@@H](Cc1c[nH]cn1)C(=O)N[C@H](C(N)=O)[C@@H](C)O. The lowest BCUT2D eigenvalue weighted by molar-refractivity contribution is -0.384. The number of nitro benzene ring substituents is 1. The maximum atomic E-state index is 15.4. The second kappa shape index (κ2) is 55.1. The number of aliphatic carboxylic acids is 1. The molecule has 2 aliphatic carbocycles. The fraction of sp³-hybridized carbons (Fsp3) is 0.380. The first-order chi connectivity index (χ1) is 71.0. The van der Waals surface area contributed by atoms with E-state index in [2.05, 4.69) is 94.6 Å². The van der Waals surface area contributed by atoms with Gasteiger partial charge in [-0.3, -0.25) is 83.3 Å². The van der Waals surface area contributed by atoms with E-state index in [1.807, 2.05) is 4.90 Å². The van der Waals surface area contributed by atoms with Gasteiger partial charge >= 0.3 is 11.9 Å². The second-order valence-electron chi connectivity index (χ2n) is 36.0. The summed E-state index contributed by atoms with van der Waals surface area (Å²) in [6.45, 7) is 4.61. The largest absolute Gasteiger partial charge is 0.508 e. The number of phenols is 3. The average molecular weight is 2080 g/mol. The number of carboxylic acid groups (broad SMARTS) is 2. The number of nitrogens with one attached hydrogen (secondary N) is 17. The number of unbranched alkanes of at least 4 members (excludes halogenated alkanes) is 1. The van der Waals surface area contributed by atoms with Gasteiger partial charge in [0.05, 0.1) is 46.4 Å². The average Bonchev–Trinajstić information content (AvgIpc) is 0.811. The number of nitro groups is 1. The second-order valence-corrected chi connectivity index (χ2v) is 36.4. The van der Waals surface area contributed by atoms with Crippen LogP contribution in [-0.4, -0.2) is 239 Å². The Morgan fingerprint density at radius 1 is 0.570 bits per heavy atom. The van der Waals surface area contributed by atoms with E-state index in [1.165, 1.54) is 129 Å². The van der Waals surface area contributed by atoms with Gasteiger partial charge in [0.15, 0.2) is 22.5 Å². The molecule has 1 aromatic heterocycles. The minimum Gasteiger partial charge on any atom is -0.508 e. The molecule has 11 amide bonds. The van der Waals surface area contributed by atoms with E-state index >= 15 is 24.0 Å². The number of hydrogen-bond acceptors (Lipinski definition) is 28. The van der Waals surface area contributed by atoms with Crippen LogP contribution in [0.15, 0.2) is 184 Å². The molecule has 1 fully saturated rings. The minimum absolute atomic E-state index is 0.000767. The Labute approximate surface area is 859 Å². The number of aromatic amines is 1. The molecule has 10 rings (SSSR count). The standard InChI is InChI=1S/C100H123N25O23S/c1-5-53(2)85(120-91(138)75(12-9-42-109-99(104)105)114-92(139)76(44-55-13-30-65(127)31-14-55)118-94(141)79(50-83(132)133)116-88(135)57-17-19-58(20-18-57)111-100(149)112-61-25-36-69(72(46-61)97(144)145)84-70-37-34-67(129)48-80(70)148-81-49-68(130)35-38-71(81)84)96(143)115-73(10-6-7-40-107-82(131)39-43-124(4)63-26-21-59(22-27-63)122-123-60-23-28-64(29-24-60)125(146)147)89(136)113-74(11-8-41-108-98(102)103)90(137)117-77(45-56-15-32-66(128)33-16-56)93(140)119-78(47-62-51-106-52-110-62)95(142)121-86(54(3)126)87(101)134/h13-16,21-38,46,48-49,51-54,57-58,73-79,85-86,126-129H,5-12,17-20,39-45,47,50H2,1-4H3,(H2,101,134)(H,106,110)(H,107,131)(H,113,136)(H,114,139)(H,115,143)(H,116,135)(H,117,137)(H,118,141)(H,119,140)(H,120,138)(H,121,142)(H,132,133)(H,144,145)(H4,102,103,108)(H4,104,105,109)(H2,111,112,149)/t53-,54+,57?,58?,73-,74-,75-,76-,77-,78-,79-,85-,86-/m0/s1. The smallest absolute Gasteiger partial charge is 0.336 e. The highest BCUT2D eigenvalue weighted by molar-refractivity contribution is 7.80. The number of aromatic nitrogens is 2. The molecule has 792 valence electrons. The van der Waals surface area contributed by atoms with Crippen LogP contribution in [0, 0.1) is 32.8 Å². The zero-order chi connectivity index (χ0) is 108. The van der Waals surface area contributed by atoms with Crippen LogP contribution in [-0.2, 0) is 76.8 Å². The van der Waals surface area contributed by atoms with Crippen molar-refractivity contribution in [2.45, 2.75) is 196 Å². The molecular formula is C100H123N25O23S. The van der Waals surface area contributed by atoms with E-state index in [0.717, 1.165) is 0 Å². The number of thiocarbonyl (C=S) groups is 1. The predicted octanol–water partition coefficient (Wildman–Crippen LogP) is 4.09. The van der Waals surface area contributed by atoms with Crippen molar-refractivity contribution in [3.05, 3.63) is 207 Å². The highest BCUT2D eigenvalue weighted by Gasteiger charge is 2.40. The van der Waals surface area contributed by atoms with Crippen molar-refractivity contribution < 1.29 is 102 Å². The summed E-state index contributed by atoms with van der Waals surface area (Å²) in [4.78, 5) is 218. The van der Waals surface area contributed by atoms with E-state index < -0.39 is 173 Å². The van der Waals surface area contributed by atoms with Crippen LogP contribution in [0.3, 0.4) is 0 Å². The van der Waals surface area contributed by atoms with E-state index in [9.17, 15) is 83.9 Å². The number of H-pyrrole nitrogens is 1. The molecule has 1 aliphatic heterocycles. The number of azo groups is 1. The molecule has 149 heavy (non-hydrogen) atoms. The van der Waals surface area contributed by atoms with Gasteiger partial charge < -0.3 is 137 Å². The number of phenolic OH excluding ortho intramolecular Hbond substituents is 3. The van der Waals surface area contributed by atoms with Crippen LogP contribution >= 0.6 is 12.2 Å². The number of non-ortho nitro benzene ring substituents is 1. The number of guanidine groups is 2. The Balaban J connectivity index is 0.858. The zero-order valence-electron chi connectivity index (χ0n) is 81.9. The van der Waals surface area contributed by atoms with E-state index in [4.69, 9.17) is 44.7 Å². The first kappa shape index (κ1) is 114. The van der Waals surface area contributed by atoms with E-state index in [1.54, 1.807) is 63.4 Å². The molecule has 0 spiro atoms. The molecule has 2 heterocycles. The van der Waals surface area contributed by atoms with Gasteiger partial charge in [0.25, 0.3) is 5.69 Å². The molecule has 49 heteroatoms. The van der Waals surface area contributed by atoms with Crippen LogP contribution in [0.25, 0.3) is 33.4 Å². The lowest BCUT2D eigenvalue weighted by atomic mass is 9.85. The van der Waals surface area contributed by atoms with Crippen molar-refractivity contribution in [2.75, 3.05) is 43.4 Å². The number of primary amides is 1. The molecule has 48 nitrogen and oxygen atoms in total. The number of carbonyl (C=O) groups excluding carboxylic acids is 11. The number of carbonyl (C=O) groups is 13. The predicted molar refractivity (Wildman–Crippen MR) is 551 cm³/mol. The lowest BCUT2D eigenvalue weighted by Gasteiger charge is -2.31. The number of rotatable bonds is 54. The molecule has 0 bridgehead atoms. The van der Waals surface area contributed by atoms with Gasteiger partial charge in [-0.15, -0.1) is 0 Å². The van der Waals surface area contributed by atoms with E-state index in [0.29, 0.717) is 57.5 Å². The fourth-order valence-electron chi connectivity index (χ4n) is 16.5. The van der Waals surface area contributed by atoms with Crippen molar-refractivity contribution in [1.82, 2.24) is 79.1 Å². The molecule has 29 N–H and O–H groups in total. The van der Waals surface area contributed by atoms with Crippen LogP contribution in [0.2, 0.25) is 0 Å². The molecule has 3 aliphatic rings. The number of aliphatic hydroxyl groups excluding tert-OH is 1. The van der Waals surface area contributed by atoms with Gasteiger partial charge in [0.1, 0.15) is 83.0 Å². The number of hydrogen-bond donors (Lipinski definition) is 26. The molecule has 0 radical (unpaired) electrons. The lowest BCUT2D eigenvalue weighted by Crippen LogP contribution is -2.62. The summed E-state index contributed by atoms with van der Waals surface area (Å²) in [5.74, 6) is -16.2.